The van der Waals surface area contributed by atoms with Crippen LogP contribution in [0.25, 0.3) is 0 Å². The van der Waals surface area contributed by atoms with Crippen molar-refractivity contribution in [3.63, 3.8) is 0 Å². The minimum atomic E-state index is -3.71. The van der Waals surface area contributed by atoms with Gasteiger partial charge in [0.2, 0.25) is 15.9 Å². The Hall–Kier alpha value is -2.22. The number of anilines is 1. The Labute approximate surface area is 160 Å². The van der Waals surface area contributed by atoms with Gasteiger partial charge in [0.15, 0.2) is 0 Å². The Morgan fingerprint density at radius 1 is 1.15 bits per heavy atom. The van der Waals surface area contributed by atoms with Crippen molar-refractivity contribution in [3.8, 4) is 0 Å². The largest absolute Gasteiger partial charge is 0.380 e. The molecule has 6 nitrogen and oxygen atoms in total. The first-order valence-electron chi connectivity index (χ1n) is 8.98. The standard InChI is InChI=1S/C20H24N2O4S/c1-26-15-16-8-7-9-17(14-16)21-20(23)19-12-5-6-13-22(19)27(24,25)18-10-3-2-4-11-18/h2-4,7-11,14,19H,5-6,12-13,15H2,1H3,(H,21,23). The van der Waals surface area contributed by atoms with Crippen LogP contribution in [0.3, 0.4) is 0 Å². The molecule has 0 saturated carbocycles. The van der Waals surface area contributed by atoms with Gasteiger partial charge in [0.05, 0.1) is 11.5 Å². The fourth-order valence-corrected chi connectivity index (χ4v) is 4.99. The molecule has 0 radical (unpaired) electrons. The molecule has 0 bridgehead atoms. The lowest BCUT2D eigenvalue weighted by atomic mass is 10.0. The topological polar surface area (TPSA) is 75.7 Å². The van der Waals surface area contributed by atoms with Gasteiger partial charge >= 0.3 is 0 Å². The van der Waals surface area contributed by atoms with Crippen LogP contribution in [0.1, 0.15) is 24.8 Å². The normalized spacial score (nSPS) is 18.2. The number of nitrogens with zero attached hydrogens (tertiary/aromatic N) is 1. The Balaban J connectivity index is 1.81. The van der Waals surface area contributed by atoms with Crippen LogP contribution in [0.5, 0.6) is 0 Å². The summed E-state index contributed by atoms with van der Waals surface area (Å²) >= 11 is 0. The molecule has 3 rings (SSSR count). The summed E-state index contributed by atoms with van der Waals surface area (Å²) in [6.07, 6.45) is 2.08. The first-order chi connectivity index (χ1) is 13.0. The van der Waals surface area contributed by atoms with Crippen molar-refractivity contribution < 1.29 is 17.9 Å². The van der Waals surface area contributed by atoms with Crippen molar-refractivity contribution in [2.24, 2.45) is 0 Å². The van der Waals surface area contributed by atoms with Crippen LogP contribution in [-0.4, -0.2) is 38.3 Å². The van der Waals surface area contributed by atoms with Crippen molar-refractivity contribution in [1.82, 2.24) is 4.31 Å². The highest BCUT2D eigenvalue weighted by molar-refractivity contribution is 7.89. The van der Waals surface area contributed by atoms with E-state index in [4.69, 9.17) is 4.74 Å². The third kappa shape index (κ3) is 4.55. The molecule has 0 aromatic heterocycles. The summed E-state index contributed by atoms with van der Waals surface area (Å²) in [5, 5.41) is 2.86. The van der Waals surface area contributed by atoms with Gasteiger partial charge in [-0.15, -0.1) is 0 Å². The number of carbonyl (C=O) groups is 1. The zero-order chi connectivity index (χ0) is 19.3. The van der Waals surface area contributed by atoms with Gasteiger partial charge in [-0.1, -0.05) is 36.8 Å². The molecule has 1 saturated heterocycles. The first kappa shape index (κ1) is 19.5. The van der Waals surface area contributed by atoms with E-state index in [-0.39, 0.29) is 10.8 Å². The molecule has 1 unspecified atom stereocenters. The lowest BCUT2D eigenvalue weighted by molar-refractivity contribution is -0.120. The van der Waals surface area contributed by atoms with Crippen LogP contribution in [0.4, 0.5) is 5.69 Å². The number of methoxy groups -OCH3 is 1. The third-order valence-electron chi connectivity index (χ3n) is 4.61. The Morgan fingerprint density at radius 3 is 2.67 bits per heavy atom. The van der Waals surface area contributed by atoms with E-state index in [1.165, 1.54) is 4.31 Å². The molecule has 144 valence electrons. The lowest BCUT2D eigenvalue weighted by Crippen LogP contribution is -2.49. The smallest absolute Gasteiger partial charge is 0.243 e. The van der Waals surface area contributed by atoms with E-state index >= 15 is 0 Å². The van der Waals surface area contributed by atoms with Crippen LogP contribution in [0.15, 0.2) is 59.5 Å². The average molecular weight is 388 g/mol. The molecule has 1 heterocycles. The molecule has 0 aliphatic carbocycles. The minimum Gasteiger partial charge on any atom is -0.380 e. The van der Waals surface area contributed by atoms with E-state index in [0.717, 1.165) is 18.4 Å². The second kappa shape index (κ2) is 8.65. The van der Waals surface area contributed by atoms with Gasteiger partial charge in [-0.05, 0) is 42.7 Å². The number of rotatable bonds is 6. The molecule has 1 amide bonds. The number of nitrogens with one attached hydrogen (secondary N) is 1. The van der Waals surface area contributed by atoms with Crippen molar-refractivity contribution >= 4 is 21.6 Å². The van der Waals surface area contributed by atoms with Gasteiger partial charge in [0, 0.05) is 19.3 Å². The summed E-state index contributed by atoms with van der Waals surface area (Å²) in [6.45, 7) is 0.792. The number of ether oxygens (including phenoxy) is 1. The lowest BCUT2D eigenvalue weighted by Gasteiger charge is -2.33. The maximum Gasteiger partial charge on any atom is 0.243 e. The number of hydrogen-bond acceptors (Lipinski definition) is 4. The predicted molar refractivity (Wildman–Crippen MR) is 104 cm³/mol. The van der Waals surface area contributed by atoms with Gasteiger partial charge in [-0.25, -0.2) is 8.42 Å². The number of piperidine rings is 1. The predicted octanol–water partition coefficient (Wildman–Crippen LogP) is 3.01. The van der Waals surface area contributed by atoms with Crippen LogP contribution in [-0.2, 0) is 26.2 Å². The summed E-state index contributed by atoms with van der Waals surface area (Å²) in [7, 11) is -2.10. The Bertz CT molecular complexity index is 884. The summed E-state index contributed by atoms with van der Waals surface area (Å²) in [4.78, 5) is 13.1. The monoisotopic (exact) mass is 388 g/mol. The molecule has 1 fully saturated rings. The summed E-state index contributed by atoms with van der Waals surface area (Å²) in [5.41, 5.74) is 1.57. The molecule has 1 N–H and O–H groups in total. The second-order valence-electron chi connectivity index (χ2n) is 6.56. The molecule has 2 aromatic carbocycles. The van der Waals surface area contributed by atoms with Gasteiger partial charge in [0.1, 0.15) is 6.04 Å². The molecule has 1 aliphatic rings. The van der Waals surface area contributed by atoms with Gasteiger partial charge in [0.25, 0.3) is 0 Å². The van der Waals surface area contributed by atoms with Crippen molar-refractivity contribution in [1.29, 1.82) is 0 Å². The quantitative estimate of drug-likeness (QED) is 0.825. The van der Waals surface area contributed by atoms with Crippen molar-refractivity contribution in [2.45, 2.75) is 36.8 Å². The van der Waals surface area contributed by atoms with E-state index in [2.05, 4.69) is 5.32 Å². The van der Waals surface area contributed by atoms with Crippen LogP contribution in [0.2, 0.25) is 0 Å². The number of benzene rings is 2. The Kier molecular flexibility index (Phi) is 6.26. The molecule has 7 heteroatoms. The van der Waals surface area contributed by atoms with Gasteiger partial charge < -0.3 is 10.1 Å². The highest BCUT2D eigenvalue weighted by Gasteiger charge is 2.37. The molecule has 0 spiro atoms. The number of carbonyl (C=O) groups excluding carboxylic acids is 1. The molecule has 1 aliphatic heterocycles. The first-order valence-corrected chi connectivity index (χ1v) is 10.4. The van der Waals surface area contributed by atoms with Gasteiger partial charge in [-0.2, -0.15) is 4.31 Å². The second-order valence-corrected chi connectivity index (χ2v) is 8.45. The van der Waals surface area contributed by atoms with Crippen LogP contribution < -0.4 is 5.32 Å². The van der Waals surface area contributed by atoms with E-state index in [9.17, 15) is 13.2 Å². The summed E-state index contributed by atoms with van der Waals surface area (Å²) in [6, 6.07) is 14.9. The SMILES string of the molecule is COCc1cccc(NC(=O)C2CCCCN2S(=O)(=O)c2ccccc2)c1. The maximum absolute atomic E-state index is 13.0. The van der Waals surface area contributed by atoms with Crippen LogP contribution >= 0.6 is 0 Å². The molecule has 1 atom stereocenters. The van der Waals surface area contributed by atoms with Crippen molar-refractivity contribution in [2.75, 3.05) is 19.0 Å². The zero-order valence-corrected chi connectivity index (χ0v) is 16.1. The van der Waals surface area contributed by atoms with Crippen molar-refractivity contribution in [3.05, 3.63) is 60.2 Å². The summed E-state index contributed by atoms with van der Waals surface area (Å²) in [5.74, 6) is -0.302. The van der Waals surface area contributed by atoms with E-state index in [0.29, 0.717) is 25.3 Å². The average Bonchev–Trinajstić information content (AvgIpc) is 2.69. The molecule has 2 aromatic rings. The van der Waals surface area contributed by atoms with E-state index in [1.807, 2.05) is 18.2 Å². The van der Waals surface area contributed by atoms with E-state index < -0.39 is 16.1 Å². The fourth-order valence-electron chi connectivity index (χ4n) is 3.31. The Morgan fingerprint density at radius 2 is 1.93 bits per heavy atom. The number of amides is 1. The summed E-state index contributed by atoms with van der Waals surface area (Å²) < 4.78 is 32.5. The minimum absolute atomic E-state index is 0.215. The molecular weight excluding hydrogens is 364 g/mol. The number of sulfonamides is 1. The van der Waals surface area contributed by atoms with E-state index in [1.54, 1.807) is 43.5 Å². The molecule has 27 heavy (non-hydrogen) atoms. The fraction of sp³-hybridized carbons (Fsp3) is 0.350. The highest BCUT2D eigenvalue weighted by atomic mass is 32.2. The third-order valence-corrected chi connectivity index (χ3v) is 6.53. The van der Waals surface area contributed by atoms with Gasteiger partial charge in [-0.3, -0.25) is 4.79 Å². The zero-order valence-electron chi connectivity index (χ0n) is 15.3. The number of hydrogen-bond donors (Lipinski definition) is 1. The molecular formula is C20H24N2O4S. The maximum atomic E-state index is 13.0. The highest BCUT2D eigenvalue weighted by Crippen LogP contribution is 2.26. The van der Waals surface area contributed by atoms with Crippen LogP contribution in [0, 0.1) is 0 Å².